The first-order chi connectivity index (χ1) is 12.0. The Morgan fingerprint density at radius 1 is 1.08 bits per heavy atom. The van der Waals surface area contributed by atoms with Crippen LogP contribution in [0.3, 0.4) is 0 Å². The minimum Gasteiger partial charge on any atom is -0.373 e. The molecule has 1 atom stereocenters. The Morgan fingerprint density at radius 3 is 2.40 bits per heavy atom. The van der Waals surface area contributed by atoms with E-state index in [2.05, 4.69) is 28.9 Å². The highest BCUT2D eigenvalue weighted by atomic mass is 35.5. The van der Waals surface area contributed by atoms with Crippen molar-refractivity contribution in [2.24, 2.45) is 0 Å². The molecule has 4 heteroatoms. The maximum Gasteiger partial charge on any atom is 0.190 e. The molecule has 2 aromatic rings. The molecule has 1 heterocycles. The van der Waals surface area contributed by atoms with Crippen molar-refractivity contribution in [3.8, 4) is 0 Å². The minimum absolute atomic E-state index is 0.0911. The van der Waals surface area contributed by atoms with Gasteiger partial charge in [-0.2, -0.15) is 0 Å². The second-order valence-corrected chi connectivity index (χ2v) is 6.96. The topological polar surface area (TPSA) is 23.6 Å². The molecule has 0 bridgehead atoms. The fourth-order valence-corrected chi connectivity index (χ4v) is 3.39. The lowest BCUT2D eigenvalue weighted by Gasteiger charge is -2.41. The summed E-state index contributed by atoms with van der Waals surface area (Å²) in [5.74, 6) is 0.0911. The number of hydrogen-bond donors (Lipinski definition) is 0. The van der Waals surface area contributed by atoms with E-state index in [-0.39, 0.29) is 5.78 Å². The average molecular weight is 355 g/mol. The highest BCUT2D eigenvalue weighted by Crippen LogP contribution is 2.23. The fraction of sp³-hybridized carbons (Fsp3) is 0.286. The number of allylic oxidation sites excluding steroid dienone is 1. The van der Waals surface area contributed by atoms with Crippen molar-refractivity contribution in [2.45, 2.75) is 19.9 Å². The molecule has 0 aromatic heterocycles. The Morgan fingerprint density at radius 2 is 1.76 bits per heavy atom. The molecule has 1 fully saturated rings. The molecule has 0 spiro atoms. The summed E-state index contributed by atoms with van der Waals surface area (Å²) in [6.07, 6.45) is 2.00. The fourth-order valence-electron chi connectivity index (χ4n) is 3.27. The highest BCUT2D eigenvalue weighted by Gasteiger charge is 2.23. The van der Waals surface area contributed by atoms with E-state index in [0.717, 1.165) is 35.8 Å². The summed E-state index contributed by atoms with van der Waals surface area (Å²) < 4.78 is 0. The number of rotatable bonds is 4. The third-order valence-corrected chi connectivity index (χ3v) is 4.84. The molecular formula is C21H23ClN2O. The van der Waals surface area contributed by atoms with Crippen molar-refractivity contribution in [2.75, 3.05) is 24.5 Å². The Labute approximate surface area is 154 Å². The van der Waals surface area contributed by atoms with Gasteiger partial charge in [0, 0.05) is 53.7 Å². The van der Waals surface area contributed by atoms with Crippen LogP contribution < -0.4 is 4.90 Å². The quantitative estimate of drug-likeness (QED) is 0.590. The molecule has 1 aliphatic rings. The Kier molecular flexibility index (Phi) is 5.44. The normalized spacial score (nSPS) is 18.4. The van der Waals surface area contributed by atoms with Crippen molar-refractivity contribution in [3.05, 3.63) is 77.0 Å². The molecule has 1 aliphatic heterocycles. The van der Waals surface area contributed by atoms with Crippen LogP contribution in [0.5, 0.6) is 0 Å². The number of anilines is 1. The SMILES string of the molecule is C/C(=C\N1CCN(c2ccc(Cl)cc2)C(C)C1)C(=O)c1ccccc1. The predicted molar refractivity (Wildman–Crippen MR) is 104 cm³/mol. The maximum absolute atomic E-state index is 12.5. The van der Waals surface area contributed by atoms with E-state index in [0.29, 0.717) is 6.04 Å². The third-order valence-electron chi connectivity index (χ3n) is 4.59. The number of piperazine rings is 1. The van der Waals surface area contributed by atoms with Crippen LogP contribution in [0, 0.1) is 0 Å². The van der Waals surface area contributed by atoms with Crippen LogP contribution in [-0.2, 0) is 0 Å². The second kappa shape index (κ2) is 7.75. The molecule has 0 aliphatic carbocycles. The van der Waals surface area contributed by atoms with Crippen LogP contribution in [-0.4, -0.2) is 36.4 Å². The van der Waals surface area contributed by atoms with Crippen LogP contribution >= 0.6 is 11.6 Å². The number of carbonyl (C=O) groups excluding carboxylic acids is 1. The van der Waals surface area contributed by atoms with Crippen molar-refractivity contribution >= 4 is 23.1 Å². The van der Waals surface area contributed by atoms with Gasteiger partial charge in [0.25, 0.3) is 0 Å². The summed E-state index contributed by atoms with van der Waals surface area (Å²) >= 11 is 5.98. The van der Waals surface area contributed by atoms with Crippen LogP contribution in [0.4, 0.5) is 5.69 Å². The zero-order valence-electron chi connectivity index (χ0n) is 14.7. The number of Topliss-reactive ketones (excluding diaryl/α,β-unsaturated/α-hetero) is 1. The molecule has 0 radical (unpaired) electrons. The zero-order valence-corrected chi connectivity index (χ0v) is 15.4. The molecule has 130 valence electrons. The number of halogens is 1. The van der Waals surface area contributed by atoms with E-state index >= 15 is 0 Å². The van der Waals surface area contributed by atoms with Crippen molar-refractivity contribution in [3.63, 3.8) is 0 Å². The zero-order chi connectivity index (χ0) is 17.8. The molecule has 3 nitrogen and oxygen atoms in total. The number of carbonyl (C=O) groups is 1. The molecule has 2 aromatic carbocycles. The van der Waals surface area contributed by atoms with Gasteiger partial charge in [0.1, 0.15) is 0 Å². The average Bonchev–Trinajstić information content (AvgIpc) is 2.63. The van der Waals surface area contributed by atoms with Gasteiger partial charge in [-0.05, 0) is 38.1 Å². The number of nitrogens with zero attached hydrogens (tertiary/aromatic N) is 2. The highest BCUT2D eigenvalue weighted by molar-refractivity contribution is 6.30. The lowest BCUT2D eigenvalue weighted by atomic mass is 10.1. The van der Waals surface area contributed by atoms with Gasteiger partial charge in [-0.3, -0.25) is 4.79 Å². The van der Waals surface area contributed by atoms with Gasteiger partial charge in [0.05, 0.1) is 0 Å². The smallest absolute Gasteiger partial charge is 0.190 e. The van der Waals surface area contributed by atoms with E-state index in [1.165, 1.54) is 5.69 Å². The summed E-state index contributed by atoms with van der Waals surface area (Å²) in [7, 11) is 0. The first-order valence-corrected chi connectivity index (χ1v) is 8.97. The molecule has 0 N–H and O–H groups in total. The summed E-state index contributed by atoms with van der Waals surface area (Å²) in [6.45, 7) is 6.81. The molecule has 1 unspecified atom stereocenters. The van der Waals surface area contributed by atoms with Gasteiger partial charge in [-0.25, -0.2) is 0 Å². The molecular weight excluding hydrogens is 332 g/mol. The van der Waals surface area contributed by atoms with E-state index in [4.69, 9.17) is 11.6 Å². The van der Waals surface area contributed by atoms with E-state index in [1.807, 2.05) is 55.6 Å². The van der Waals surface area contributed by atoms with Crippen molar-refractivity contribution < 1.29 is 4.79 Å². The number of hydrogen-bond acceptors (Lipinski definition) is 3. The van der Waals surface area contributed by atoms with E-state index in [9.17, 15) is 4.79 Å². The summed E-state index contributed by atoms with van der Waals surface area (Å²) in [4.78, 5) is 17.1. The molecule has 0 amide bonds. The first-order valence-electron chi connectivity index (χ1n) is 8.59. The van der Waals surface area contributed by atoms with Gasteiger partial charge in [0.15, 0.2) is 5.78 Å². The van der Waals surface area contributed by atoms with E-state index < -0.39 is 0 Å². The van der Waals surface area contributed by atoms with Gasteiger partial charge in [-0.1, -0.05) is 41.9 Å². The van der Waals surface area contributed by atoms with Gasteiger partial charge in [-0.15, -0.1) is 0 Å². The lowest BCUT2D eigenvalue weighted by Crippen LogP contribution is -2.50. The Balaban J connectivity index is 1.66. The van der Waals surface area contributed by atoms with Crippen molar-refractivity contribution in [1.29, 1.82) is 0 Å². The summed E-state index contributed by atoms with van der Waals surface area (Å²) in [5, 5.41) is 0.757. The standard InChI is InChI=1S/C21H23ClN2O/c1-16(21(25)18-6-4-3-5-7-18)14-23-12-13-24(17(2)15-23)20-10-8-19(22)9-11-20/h3-11,14,17H,12-13,15H2,1-2H3/b16-14+. The number of benzene rings is 2. The Bertz CT molecular complexity index is 755. The van der Waals surface area contributed by atoms with E-state index in [1.54, 1.807) is 0 Å². The first kappa shape index (κ1) is 17.6. The molecule has 0 saturated carbocycles. The molecule has 3 rings (SSSR count). The van der Waals surface area contributed by atoms with Crippen molar-refractivity contribution in [1.82, 2.24) is 4.90 Å². The summed E-state index contributed by atoms with van der Waals surface area (Å²) in [6, 6.07) is 17.8. The predicted octanol–water partition coefficient (Wildman–Crippen LogP) is 4.64. The summed E-state index contributed by atoms with van der Waals surface area (Å²) in [5.41, 5.74) is 2.71. The van der Waals surface area contributed by atoms with Crippen LogP contribution in [0.1, 0.15) is 24.2 Å². The minimum atomic E-state index is 0.0911. The van der Waals surface area contributed by atoms with Crippen LogP contribution in [0.2, 0.25) is 5.02 Å². The van der Waals surface area contributed by atoms with Crippen LogP contribution in [0.25, 0.3) is 0 Å². The van der Waals surface area contributed by atoms with Gasteiger partial charge in [0.2, 0.25) is 0 Å². The van der Waals surface area contributed by atoms with Gasteiger partial charge >= 0.3 is 0 Å². The lowest BCUT2D eigenvalue weighted by molar-refractivity contribution is 0.103. The third kappa shape index (κ3) is 4.23. The maximum atomic E-state index is 12.5. The monoisotopic (exact) mass is 354 g/mol. The molecule has 1 saturated heterocycles. The largest absolute Gasteiger partial charge is 0.373 e. The van der Waals surface area contributed by atoms with Gasteiger partial charge < -0.3 is 9.80 Å². The number of ketones is 1. The second-order valence-electron chi connectivity index (χ2n) is 6.52. The Hall–Kier alpha value is -2.26. The van der Waals surface area contributed by atoms with Crippen LogP contribution in [0.15, 0.2) is 66.4 Å². The molecule has 25 heavy (non-hydrogen) atoms.